The molecule has 0 atom stereocenters. The predicted octanol–water partition coefficient (Wildman–Crippen LogP) is -2.76. The number of carbonyl (C=O) groups excluding carboxylic acids is 2. The fraction of sp³-hybridized carbons (Fsp3) is 0.300. The lowest BCUT2D eigenvalue weighted by Gasteiger charge is -2.09. The lowest BCUT2D eigenvalue weighted by Crippen LogP contribution is -2.31. The number of rotatable bonds is 13. The highest BCUT2D eigenvalue weighted by Crippen LogP contribution is 1.98. The van der Waals surface area contributed by atoms with E-state index in [-0.39, 0.29) is 11.8 Å². The first-order valence-corrected chi connectivity index (χ1v) is 10.0. The lowest BCUT2D eigenvalue weighted by atomic mass is 9.80. The molecule has 0 bridgehead atoms. The molecule has 0 saturated heterocycles. The smallest absolute Gasteiger partial charge is 0.423 e. The largest absolute Gasteiger partial charge is 0.488 e. The molecule has 10 nitrogen and oxygen atoms in total. The predicted molar refractivity (Wildman–Crippen MR) is 119 cm³/mol. The quantitative estimate of drug-likeness (QED) is 0.143. The van der Waals surface area contributed by atoms with Crippen molar-refractivity contribution in [3.05, 3.63) is 59.7 Å². The Hall–Kier alpha value is -2.73. The van der Waals surface area contributed by atoms with Crippen molar-refractivity contribution in [2.45, 2.75) is 0 Å². The van der Waals surface area contributed by atoms with Gasteiger partial charge in [0.25, 0.3) is 11.8 Å². The van der Waals surface area contributed by atoms with Crippen LogP contribution in [-0.2, 0) is 9.47 Å². The van der Waals surface area contributed by atoms with Gasteiger partial charge in [0.15, 0.2) is 0 Å². The van der Waals surface area contributed by atoms with Gasteiger partial charge in [-0.05, 0) is 35.2 Å². The number of carbonyl (C=O) groups is 2. The summed E-state index contributed by atoms with van der Waals surface area (Å²) in [5.74, 6) is -0.580. The first-order valence-electron chi connectivity index (χ1n) is 10.0. The van der Waals surface area contributed by atoms with Crippen LogP contribution in [0.3, 0.4) is 0 Å². The van der Waals surface area contributed by atoms with Crippen LogP contribution in [0.1, 0.15) is 20.7 Å². The molecule has 0 heterocycles. The van der Waals surface area contributed by atoms with Crippen LogP contribution in [0.4, 0.5) is 0 Å². The van der Waals surface area contributed by atoms with Gasteiger partial charge < -0.3 is 40.2 Å². The van der Waals surface area contributed by atoms with Crippen LogP contribution in [0.25, 0.3) is 0 Å². The summed E-state index contributed by atoms with van der Waals surface area (Å²) < 4.78 is 10.7. The van der Waals surface area contributed by atoms with Crippen LogP contribution in [0.15, 0.2) is 48.5 Å². The summed E-state index contributed by atoms with van der Waals surface area (Å²) >= 11 is 0. The highest BCUT2D eigenvalue weighted by Gasteiger charge is 2.12. The zero-order valence-corrected chi connectivity index (χ0v) is 17.4. The third-order valence-corrected chi connectivity index (χ3v) is 4.38. The highest BCUT2D eigenvalue weighted by atomic mass is 16.5. The maximum atomic E-state index is 12.0. The van der Waals surface area contributed by atoms with E-state index in [1.54, 1.807) is 0 Å². The van der Waals surface area contributed by atoms with E-state index in [9.17, 15) is 9.59 Å². The SMILES string of the molecule is O=C(NCCOCCOCCNC(=O)c1ccc(B(O)O)cc1)c1ccc(B(O)O)cc1. The second-order valence-electron chi connectivity index (χ2n) is 6.73. The Morgan fingerprint density at radius 2 is 0.969 bits per heavy atom. The number of nitrogens with one attached hydrogen (secondary N) is 2. The minimum Gasteiger partial charge on any atom is -0.423 e. The van der Waals surface area contributed by atoms with Crippen LogP contribution >= 0.6 is 0 Å². The van der Waals surface area contributed by atoms with Gasteiger partial charge in [0.1, 0.15) is 0 Å². The molecule has 32 heavy (non-hydrogen) atoms. The van der Waals surface area contributed by atoms with Crippen LogP contribution in [0.5, 0.6) is 0 Å². The van der Waals surface area contributed by atoms with E-state index in [2.05, 4.69) is 10.6 Å². The molecule has 0 unspecified atom stereocenters. The van der Waals surface area contributed by atoms with Crippen molar-refractivity contribution < 1.29 is 39.2 Å². The lowest BCUT2D eigenvalue weighted by molar-refractivity contribution is 0.0486. The van der Waals surface area contributed by atoms with Crippen molar-refractivity contribution in [1.82, 2.24) is 10.6 Å². The number of hydrogen-bond donors (Lipinski definition) is 6. The molecule has 2 aromatic carbocycles. The van der Waals surface area contributed by atoms with E-state index in [1.807, 2.05) is 0 Å². The van der Waals surface area contributed by atoms with Gasteiger partial charge in [0, 0.05) is 24.2 Å². The Balaban J connectivity index is 1.48. The van der Waals surface area contributed by atoms with E-state index in [0.29, 0.717) is 61.6 Å². The second kappa shape index (κ2) is 13.6. The van der Waals surface area contributed by atoms with Crippen molar-refractivity contribution in [2.24, 2.45) is 0 Å². The van der Waals surface area contributed by atoms with E-state index in [4.69, 9.17) is 29.6 Å². The Labute approximate surface area is 186 Å². The number of ether oxygens (including phenoxy) is 2. The molecule has 6 N–H and O–H groups in total. The average Bonchev–Trinajstić information content (AvgIpc) is 2.80. The minimum atomic E-state index is -1.57. The zero-order chi connectivity index (χ0) is 23.3. The molecule has 0 saturated carbocycles. The standard InChI is InChI=1S/C20H26B2N2O8/c25-19(15-1-5-17(6-2-15)21(27)28)23-9-11-31-13-14-32-12-10-24-20(26)16-3-7-18(8-4-16)22(29)30/h1-8,27-30H,9-14H2,(H,23,25)(H,24,26). The summed E-state index contributed by atoms with van der Waals surface area (Å²) in [6.45, 7) is 1.89. The molecule has 0 aliphatic heterocycles. The van der Waals surface area contributed by atoms with E-state index >= 15 is 0 Å². The third kappa shape index (κ3) is 8.79. The second-order valence-corrected chi connectivity index (χ2v) is 6.73. The topological polar surface area (TPSA) is 158 Å². The first kappa shape index (κ1) is 25.5. The Morgan fingerprint density at radius 1 is 0.625 bits per heavy atom. The molecule has 2 rings (SSSR count). The van der Waals surface area contributed by atoms with Crippen LogP contribution in [0.2, 0.25) is 0 Å². The van der Waals surface area contributed by atoms with E-state index < -0.39 is 14.2 Å². The molecular weight excluding hydrogens is 418 g/mol. The van der Waals surface area contributed by atoms with Gasteiger partial charge in [-0.15, -0.1) is 0 Å². The molecular formula is C20H26B2N2O8. The first-order chi connectivity index (χ1) is 15.4. The molecule has 0 spiro atoms. The Kier molecular flexibility index (Phi) is 10.9. The van der Waals surface area contributed by atoms with Crippen molar-refractivity contribution in [2.75, 3.05) is 39.5 Å². The highest BCUT2D eigenvalue weighted by molar-refractivity contribution is 6.58. The molecule has 0 fully saturated rings. The summed E-state index contributed by atoms with van der Waals surface area (Å²) in [4.78, 5) is 23.9. The molecule has 0 radical (unpaired) electrons. The molecule has 0 aliphatic rings. The van der Waals surface area contributed by atoms with Crippen molar-refractivity contribution >= 4 is 37.0 Å². The van der Waals surface area contributed by atoms with E-state index in [0.717, 1.165) is 0 Å². The van der Waals surface area contributed by atoms with E-state index in [1.165, 1.54) is 48.5 Å². The van der Waals surface area contributed by atoms with Gasteiger partial charge in [0.2, 0.25) is 0 Å². The fourth-order valence-electron chi connectivity index (χ4n) is 2.61. The van der Waals surface area contributed by atoms with Gasteiger partial charge >= 0.3 is 14.2 Å². The molecule has 0 aromatic heterocycles. The van der Waals surface area contributed by atoms with Crippen LogP contribution < -0.4 is 21.6 Å². The summed E-state index contributed by atoms with van der Waals surface area (Å²) in [6, 6.07) is 11.9. The molecule has 2 amide bonds. The molecule has 170 valence electrons. The summed E-state index contributed by atoms with van der Waals surface area (Å²) in [5, 5.41) is 41.5. The maximum absolute atomic E-state index is 12.0. The summed E-state index contributed by atoms with van der Waals surface area (Å²) in [5.41, 5.74) is 1.42. The number of benzene rings is 2. The van der Waals surface area contributed by atoms with Gasteiger partial charge in [0.05, 0.1) is 26.4 Å². The summed E-state index contributed by atoms with van der Waals surface area (Å²) in [6.07, 6.45) is 0. The molecule has 0 aliphatic carbocycles. The molecule has 2 aromatic rings. The van der Waals surface area contributed by atoms with Crippen molar-refractivity contribution in [1.29, 1.82) is 0 Å². The zero-order valence-electron chi connectivity index (χ0n) is 17.4. The third-order valence-electron chi connectivity index (χ3n) is 4.38. The Morgan fingerprint density at radius 3 is 1.28 bits per heavy atom. The van der Waals surface area contributed by atoms with Crippen molar-refractivity contribution in [3.63, 3.8) is 0 Å². The normalized spacial score (nSPS) is 10.5. The Bertz CT molecular complexity index is 776. The van der Waals surface area contributed by atoms with Gasteiger partial charge in [-0.3, -0.25) is 9.59 Å². The van der Waals surface area contributed by atoms with Gasteiger partial charge in [-0.2, -0.15) is 0 Å². The fourth-order valence-corrected chi connectivity index (χ4v) is 2.61. The van der Waals surface area contributed by atoms with Gasteiger partial charge in [-0.1, -0.05) is 24.3 Å². The van der Waals surface area contributed by atoms with Crippen LogP contribution in [0, 0.1) is 0 Å². The summed E-state index contributed by atoms with van der Waals surface area (Å²) in [7, 11) is -3.14. The number of hydrogen-bond acceptors (Lipinski definition) is 8. The monoisotopic (exact) mass is 444 g/mol. The average molecular weight is 444 g/mol. The van der Waals surface area contributed by atoms with Crippen LogP contribution in [-0.4, -0.2) is 85.7 Å². The van der Waals surface area contributed by atoms with Gasteiger partial charge in [-0.25, -0.2) is 0 Å². The maximum Gasteiger partial charge on any atom is 0.488 e. The minimum absolute atomic E-state index is 0.290. The van der Waals surface area contributed by atoms with Crippen molar-refractivity contribution in [3.8, 4) is 0 Å². The number of amides is 2. The molecule has 12 heteroatoms.